The van der Waals surface area contributed by atoms with Crippen LogP contribution >= 0.6 is 0 Å². The highest BCUT2D eigenvalue weighted by Gasteiger charge is 2.25. The van der Waals surface area contributed by atoms with E-state index in [0.717, 1.165) is 39.1 Å². The predicted octanol–water partition coefficient (Wildman–Crippen LogP) is 2.06. The van der Waals surface area contributed by atoms with E-state index in [2.05, 4.69) is 34.1 Å². The molecule has 0 aromatic heterocycles. The standard InChI is InChI=1S/C16H24N2O2/c1-2-15(16(19)20)18-10-6-9-17(11-12-18)13-14-7-4-3-5-8-14/h3-5,7-8,15H,2,6,9-13H2,1H3,(H,19,20). The lowest BCUT2D eigenvalue weighted by Crippen LogP contribution is -2.42. The van der Waals surface area contributed by atoms with Crippen LogP contribution in [0.15, 0.2) is 30.3 Å². The molecule has 1 fully saturated rings. The van der Waals surface area contributed by atoms with Crippen molar-refractivity contribution in [1.29, 1.82) is 0 Å². The van der Waals surface area contributed by atoms with Gasteiger partial charge in [0, 0.05) is 26.2 Å². The molecule has 0 bridgehead atoms. The van der Waals surface area contributed by atoms with E-state index in [1.165, 1.54) is 5.56 Å². The Kier molecular flexibility index (Phi) is 5.56. The molecule has 1 N–H and O–H groups in total. The number of benzene rings is 1. The molecule has 1 aromatic rings. The summed E-state index contributed by atoms with van der Waals surface area (Å²) in [7, 11) is 0. The van der Waals surface area contributed by atoms with E-state index in [-0.39, 0.29) is 6.04 Å². The molecule has 0 spiro atoms. The maximum absolute atomic E-state index is 11.3. The second-order valence-electron chi connectivity index (χ2n) is 5.41. The van der Waals surface area contributed by atoms with Crippen LogP contribution in [0.2, 0.25) is 0 Å². The molecule has 4 heteroatoms. The van der Waals surface area contributed by atoms with Gasteiger partial charge in [-0.15, -0.1) is 0 Å². The molecule has 1 aliphatic heterocycles. The zero-order valence-corrected chi connectivity index (χ0v) is 12.2. The Balaban J connectivity index is 1.90. The monoisotopic (exact) mass is 276 g/mol. The third-order valence-electron chi connectivity index (χ3n) is 3.98. The molecule has 4 nitrogen and oxygen atoms in total. The number of rotatable bonds is 5. The van der Waals surface area contributed by atoms with Crippen molar-refractivity contribution in [2.45, 2.75) is 32.4 Å². The van der Waals surface area contributed by atoms with Crippen LogP contribution < -0.4 is 0 Å². The molecule has 1 saturated heterocycles. The number of aliphatic carboxylic acids is 1. The van der Waals surface area contributed by atoms with E-state index in [1.807, 2.05) is 13.0 Å². The summed E-state index contributed by atoms with van der Waals surface area (Å²) < 4.78 is 0. The first-order chi connectivity index (χ1) is 9.70. The molecule has 1 atom stereocenters. The van der Waals surface area contributed by atoms with Gasteiger partial charge in [0.05, 0.1) is 0 Å². The Morgan fingerprint density at radius 3 is 2.60 bits per heavy atom. The van der Waals surface area contributed by atoms with E-state index < -0.39 is 5.97 Å². The predicted molar refractivity (Wildman–Crippen MR) is 79.6 cm³/mol. The number of hydrogen-bond donors (Lipinski definition) is 1. The minimum absolute atomic E-state index is 0.327. The Labute approximate surface area is 121 Å². The first-order valence-electron chi connectivity index (χ1n) is 7.44. The molecule has 2 rings (SSSR count). The van der Waals surface area contributed by atoms with Crippen molar-refractivity contribution in [2.24, 2.45) is 0 Å². The molecular weight excluding hydrogens is 252 g/mol. The average Bonchev–Trinajstić information content (AvgIpc) is 2.66. The van der Waals surface area contributed by atoms with Crippen molar-refractivity contribution in [3.63, 3.8) is 0 Å². The van der Waals surface area contributed by atoms with Gasteiger partial charge in [0.15, 0.2) is 0 Å². The van der Waals surface area contributed by atoms with Crippen molar-refractivity contribution in [3.8, 4) is 0 Å². The van der Waals surface area contributed by atoms with Crippen molar-refractivity contribution in [1.82, 2.24) is 9.80 Å². The van der Waals surface area contributed by atoms with E-state index in [4.69, 9.17) is 0 Å². The van der Waals surface area contributed by atoms with Gasteiger partial charge in [-0.25, -0.2) is 0 Å². The molecule has 0 saturated carbocycles. The Hall–Kier alpha value is -1.39. The normalized spacial score (nSPS) is 19.4. The molecule has 0 amide bonds. The zero-order chi connectivity index (χ0) is 14.4. The Bertz CT molecular complexity index is 422. The van der Waals surface area contributed by atoms with Crippen LogP contribution in [0, 0.1) is 0 Å². The van der Waals surface area contributed by atoms with Crippen molar-refractivity contribution >= 4 is 5.97 Å². The largest absolute Gasteiger partial charge is 0.480 e. The Morgan fingerprint density at radius 2 is 1.95 bits per heavy atom. The fraction of sp³-hybridized carbons (Fsp3) is 0.562. The van der Waals surface area contributed by atoms with Crippen molar-refractivity contribution in [3.05, 3.63) is 35.9 Å². The fourth-order valence-corrected chi connectivity index (χ4v) is 2.89. The van der Waals surface area contributed by atoms with Gasteiger partial charge in [-0.3, -0.25) is 14.6 Å². The van der Waals surface area contributed by atoms with Gasteiger partial charge >= 0.3 is 5.97 Å². The van der Waals surface area contributed by atoms with E-state index in [9.17, 15) is 9.90 Å². The second-order valence-corrected chi connectivity index (χ2v) is 5.41. The number of carboxylic acid groups (broad SMARTS) is 1. The first-order valence-corrected chi connectivity index (χ1v) is 7.44. The van der Waals surface area contributed by atoms with Crippen LogP contribution in [0.4, 0.5) is 0 Å². The topological polar surface area (TPSA) is 43.8 Å². The number of carbonyl (C=O) groups is 1. The maximum Gasteiger partial charge on any atom is 0.320 e. The lowest BCUT2D eigenvalue weighted by molar-refractivity contribution is -0.143. The fourth-order valence-electron chi connectivity index (χ4n) is 2.89. The van der Waals surface area contributed by atoms with Crippen LogP contribution in [-0.2, 0) is 11.3 Å². The maximum atomic E-state index is 11.3. The van der Waals surface area contributed by atoms with Gasteiger partial charge in [-0.1, -0.05) is 37.3 Å². The Morgan fingerprint density at radius 1 is 1.20 bits per heavy atom. The molecule has 0 aliphatic carbocycles. The van der Waals surface area contributed by atoms with Gasteiger partial charge in [0.1, 0.15) is 6.04 Å². The van der Waals surface area contributed by atoms with E-state index in [0.29, 0.717) is 6.42 Å². The summed E-state index contributed by atoms with van der Waals surface area (Å²) in [4.78, 5) is 15.8. The smallest absolute Gasteiger partial charge is 0.320 e. The SMILES string of the molecule is CCC(C(=O)O)N1CCCN(Cc2ccccc2)CC1. The van der Waals surface area contributed by atoms with E-state index in [1.54, 1.807) is 0 Å². The summed E-state index contributed by atoms with van der Waals surface area (Å²) >= 11 is 0. The average molecular weight is 276 g/mol. The summed E-state index contributed by atoms with van der Waals surface area (Å²) in [6.45, 7) is 6.62. The highest BCUT2D eigenvalue weighted by atomic mass is 16.4. The lowest BCUT2D eigenvalue weighted by Gasteiger charge is -2.26. The van der Waals surface area contributed by atoms with Gasteiger partial charge in [-0.2, -0.15) is 0 Å². The van der Waals surface area contributed by atoms with Crippen LogP contribution in [0.5, 0.6) is 0 Å². The molecular formula is C16H24N2O2. The van der Waals surface area contributed by atoms with Crippen LogP contribution in [0.3, 0.4) is 0 Å². The molecule has 1 aliphatic rings. The zero-order valence-electron chi connectivity index (χ0n) is 12.2. The van der Waals surface area contributed by atoms with Crippen LogP contribution in [0.1, 0.15) is 25.3 Å². The second kappa shape index (κ2) is 7.41. The lowest BCUT2D eigenvalue weighted by atomic mass is 10.2. The van der Waals surface area contributed by atoms with Gasteiger partial charge < -0.3 is 5.11 Å². The third kappa shape index (κ3) is 4.05. The van der Waals surface area contributed by atoms with Crippen molar-refractivity contribution in [2.75, 3.05) is 26.2 Å². The number of carboxylic acids is 1. The highest BCUT2D eigenvalue weighted by Crippen LogP contribution is 2.12. The van der Waals surface area contributed by atoms with Crippen LogP contribution in [0.25, 0.3) is 0 Å². The molecule has 110 valence electrons. The minimum atomic E-state index is -0.691. The van der Waals surface area contributed by atoms with Gasteiger partial charge in [0.2, 0.25) is 0 Å². The summed E-state index contributed by atoms with van der Waals surface area (Å²) in [5.74, 6) is -0.691. The first kappa shape index (κ1) is 15.0. The van der Waals surface area contributed by atoms with E-state index >= 15 is 0 Å². The molecule has 1 heterocycles. The molecule has 1 aromatic carbocycles. The quantitative estimate of drug-likeness (QED) is 0.894. The molecule has 20 heavy (non-hydrogen) atoms. The number of nitrogens with zero attached hydrogens (tertiary/aromatic N) is 2. The highest BCUT2D eigenvalue weighted by molar-refractivity contribution is 5.73. The van der Waals surface area contributed by atoms with Crippen molar-refractivity contribution < 1.29 is 9.90 Å². The molecule has 0 radical (unpaired) electrons. The summed E-state index contributed by atoms with van der Waals surface area (Å²) in [6, 6.07) is 10.1. The molecule has 1 unspecified atom stereocenters. The summed E-state index contributed by atoms with van der Waals surface area (Å²) in [5, 5.41) is 9.26. The summed E-state index contributed by atoms with van der Waals surface area (Å²) in [5.41, 5.74) is 1.33. The van der Waals surface area contributed by atoms with Gasteiger partial charge in [-0.05, 0) is 24.9 Å². The summed E-state index contributed by atoms with van der Waals surface area (Å²) in [6.07, 6.45) is 1.71. The minimum Gasteiger partial charge on any atom is -0.480 e. The third-order valence-corrected chi connectivity index (χ3v) is 3.98. The van der Waals surface area contributed by atoms with Gasteiger partial charge in [0.25, 0.3) is 0 Å². The number of hydrogen-bond acceptors (Lipinski definition) is 3. The van der Waals surface area contributed by atoms with Crippen LogP contribution in [-0.4, -0.2) is 53.1 Å².